The van der Waals surface area contributed by atoms with Crippen molar-refractivity contribution in [1.82, 2.24) is 10.2 Å². The molecule has 2 N–H and O–H groups in total. The molecular formula is C15H24N2O3. The van der Waals surface area contributed by atoms with Gasteiger partial charge >= 0.3 is 0 Å². The van der Waals surface area contributed by atoms with Crippen LogP contribution in [0.3, 0.4) is 0 Å². The first-order chi connectivity index (χ1) is 9.88. The van der Waals surface area contributed by atoms with E-state index >= 15 is 0 Å². The van der Waals surface area contributed by atoms with E-state index in [-0.39, 0.29) is 6.61 Å². The highest BCUT2D eigenvalue weighted by molar-refractivity contribution is 5.12. The van der Waals surface area contributed by atoms with Crippen LogP contribution in [0.25, 0.3) is 0 Å². The van der Waals surface area contributed by atoms with E-state index in [0.29, 0.717) is 17.7 Å². The first-order valence-electron chi connectivity index (χ1n) is 7.60. The van der Waals surface area contributed by atoms with Crippen molar-refractivity contribution >= 4 is 0 Å². The molecule has 20 heavy (non-hydrogen) atoms. The number of rotatable bonds is 4. The highest BCUT2D eigenvalue weighted by Crippen LogP contribution is 2.36. The Kier molecular flexibility index (Phi) is 4.73. The predicted octanol–water partition coefficient (Wildman–Crippen LogP) is 1.14. The van der Waals surface area contributed by atoms with Crippen molar-refractivity contribution in [2.45, 2.75) is 25.5 Å². The van der Waals surface area contributed by atoms with Crippen molar-refractivity contribution in [2.75, 3.05) is 39.4 Å². The third kappa shape index (κ3) is 3.06. The maximum absolute atomic E-state index is 9.22. The first-order valence-corrected chi connectivity index (χ1v) is 7.60. The lowest BCUT2D eigenvalue weighted by Crippen LogP contribution is -2.47. The third-order valence-electron chi connectivity index (χ3n) is 4.39. The van der Waals surface area contributed by atoms with Gasteiger partial charge in [-0.05, 0) is 30.9 Å². The topological polar surface area (TPSA) is 57.9 Å². The van der Waals surface area contributed by atoms with E-state index in [4.69, 9.17) is 9.15 Å². The van der Waals surface area contributed by atoms with E-state index < -0.39 is 0 Å². The average molecular weight is 280 g/mol. The molecule has 0 saturated carbocycles. The Morgan fingerprint density at radius 1 is 1.25 bits per heavy atom. The SMILES string of the molecule is OCc1ccc([C@@H](C2CCOCC2)N2CCNCC2)o1. The van der Waals surface area contributed by atoms with Gasteiger partial charge in [-0.3, -0.25) is 4.90 Å². The first kappa shape index (κ1) is 14.1. The Morgan fingerprint density at radius 3 is 2.65 bits per heavy atom. The van der Waals surface area contributed by atoms with Gasteiger partial charge in [0.05, 0.1) is 6.04 Å². The normalized spacial score (nSPS) is 23.9. The van der Waals surface area contributed by atoms with Gasteiger partial charge in [-0.1, -0.05) is 0 Å². The highest BCUT2D eigenvalue weighted by atomic mass is 16.5. The van der Waals surface area contributed by atoms with Crippen LogP contribution in [-0.2, 0) is 11.3 Å². The fraction of sp³-hybridized carbons (Fsp3) is 0.733. The zero-order valence-corrected chi connectivity index (χ0v) is 11.9. The molecule has 5 nitrogen and oxygen atoms in total. The molecule has 112 valence electrons. The Bertz CT molecular complexity index is 391. The van der Waals surface area contributed by atoms with E-state index in [0.717, 1.165) is 58.0 Å². The van der Waals surface area contributed by atoms with E-state index in [2.05, 4.69) is 10.2 Å². The summed E-state index contributed by atoms with van der Waals surface area (Å²) in [6.45, 7) is 5.85. The number of aliphatic hydroxyl groups excluding tert-OH is 1. The molecule has 2 aliphatic heterocycles. The summed E-state index contributed by atoms with van der Waals surface area (Å²) in [5.74, 6) is 2.24. The average Bonchev–Trinajstić information content (AvgIpc) is 2.98. The molecule has 2 aliphatic rings. The number of ether oxygens (including phenoxy) is 1. The maximum atomic E-state index is 9.22. The lowest BCUT2D eigenvalue weighted by molar-refractivity contribution is 0.0141. The smallest absolute Gasteiger partial charge is 0.129 e. The van der Waals surface area contributed by atoms with Gasteiger partial charge < -0.3 is 19.6 Å². The fourth-order valence-corrected chi connectivity index (χ4v) is 3.34. The van der Waals surface area contributed by atoms with Crippen LogP contribution in [0, 0.1) is 5.92 Å². The van der Waals surface area contributed by atoms with Gasteiger partial charge in [0, 0.05) is 39.4 Å². The van der Waals surface area contributed by atoms with Crippen molar-refractivity contribution in [3.8, 4) is 0 Å². The molecule has 1 aromatic heterocycles. The van der Waals surface area contributed by atoms with Gasteiger partial charge in [0.15, 0.2) is 0 Å². The lowest BCUT2D eigenvalue weighted by atomic mass is 9.88. The van der Waals surface area contributed by atoms with Crippen molar-refractivity contribution < 1.29 is 14.3 Å². The van der Waals surface area contributed by atoms with Crippen LogP contribution in [0.1, 0.15) is 30.4 Å². The quantitative estimate of drug-likeness (QED) is 0.866. The number of furan rings is 1. The van der Waals surface area contributed by atoms with Crippen LogP contribution >= 0.6 is 0 Å². The number of aliphatic hydroxyl groups is 1. The molecule has 0 aliphatic carbocycles. The molecule has 0 aromatic carbocycles. The zero-order valence-electron chi connectivity index (χ0n) is 11.9. The standard InChI is InChI=1S/C15H24N2O3/c18-11-13-1-2-14(20-13)15(12-3-9-19-10-4-12)17-7-5-16-6-8-17/h1-2,12,15-16,18H,3-11H2/t15-/m1/s1. The molecule has 0 bridgehead atoms. The molecular weight excluding hydrogens is 256 g/mol. The van der Waals surface area contributed by atoms with Crippen LogP contribution < -0.4 is 5.32 Å². The summed E-state index contributed by atoms with van der Waals surface area (Å²) in [5, 5.41) is 12.6. The minimum Gasteiger partial charge on any atom is -0.462 e. The van der Waals surface area contributed by atoms with E-state index in [1.807, 2.05) is 12.1 Å². The van der Waals surface area contributed by atoms with Crippen molar-refractivity contribution in [2.24, 2.45) is 5.92 Å². The second-order valence-electron chi connectivity index (χ2n) is 5.64. The van der Waals surface area contributed by atoms with Crippen LogP contribution in [0.5, 0.6) is 0 Å². The van der Waals surface area contributed by atoms with Crippen molar-refractivity contribution in [1.29, 1.82) is 0 Å². The number of piperazine rings is 1. The second-order valence-corrected chi connectivity index (χ2v) is 5.64. The Morgan fingerprint density at radius 2 is 2.00 bits per heavy atom. The Labute approximate surface area is 119 Å². The fourth-order valence-electron chi connectivity index (χ4n) is 3.34. The highest BCUT2D eigenvalue weighted by Gasteiger charge is 2.33. The maximum Gasteiger partial charge on any atom is 0.129 e. The lowest BCUT2D eigenvalue weighted by Gasteiger charge is -2.39. The molecule has 1 aromatic rings. The molecule has 0 spiro atoms. The van der Waals surface area contributed by atoms with E-state index in [1.165, 1.54) is 0 Å². The molecule has 0 amide bonds. The van der Waals surface area contributed by atoms with Crippen LogP contribution in [0.4, 0.5) is 0 Å². The van der Waals surface area contributed by atoms with Gasteiger partial charge in [-0.2, -0.15) is 0 Å². The molecule has 1 atom stereocenters. The Balaban J connectivity index is 1.81. The monoisotopic (exact) mass is 280 g/mol. The minimum atomic E-state index is -0.0257. The summed E-state index contributed by atoms with van der Waals surface area (Å²) < 4.78 is 11.3. The number of hydrogen-bond donors (Lipinski definition) is 2. The molecule has 0 unspecified atom stereocenters. The third-order valence-corrected chi connectivity index (χ3v) is 4.39. The summed E-state index contributed by atoms with van der Waals surface area (Å²) in [5.41, 5.74) is 0. The predicted molar refractivity (Wildman–Crippen MR) is 75.4 cm³/mol. The minimum absolute atomic E-state index is 0.0257. The van der Waals surface area contributed by atoms with Crippen LogP contribution in [0.2, 0.25) is 0 Å². The summed E-state index contributed by atoms with van der Waals surface area (Å²) >= 11 is 0. The van der Waals surface area contributed by atoms with Crippen LogP contribution in [0.15, 0.2) is 16.5 Å². The summed E-state index contributed by atoms with van der Waals surface area (Å²) in [4.78, 5) is 2.52. The number of hydrogen-bond acceptors (Lipinski definition) is 5. The molecule has 0 radical (unpaired) electrons. The van der Waals surface area contributed by atoms with E-state index in [1.54, 1.807) is 0 Å². The summed E-state index contributed by atoms with van der Waals surface area (Å²) in [7, 11) is 0. The number of nitrogens with one attached hydrogen (secondary N) is 1. The van der Waals surface area contributed by atoms with Gasteiger partial charge in [-0.15, -0.1) is 0 Å². The van der Waals surface area contributed by atoms with Gasteiger partial charge in [-0.25, -0.2) is 0 Å². The Hall–Kier alpha value is -0.880. The zero-order chi connectivity index (χ0) is 13.8. The van der Waals surface area contributed by atoms with Gasteiger partial charge in [0.1, 0.15) is 18.1 Å². The summed E-state index contributed by atoms with van der Waals surface area (Å²) in [6.07, 6.45) is 2.17. The van der Waals surface area contributed by atoms with Crippen molar-refractivity contribution in [3.05, 3.63) is 23.7 Å². The van der Waals surface area contributed by atoms with Crippen molar-refractivity contribution in [3.63, 3.8) is 0 Å². The van der Waals surface area contributed by atoms with Gasteiger partial charge in [0.25, 0.3) is 0 Å². The largest absolute Gasteiger partial charge is 0.462 e. The second kappa shape index (κ2) is 6.72. The molecule has 3 heterocycles. The van der Waals surface area contributed by atoms with E-state index in [9.17, 15) is 5.11 Å². The molecule has 2 fully saturated rings. The summed E-state index contributed by atoms with van der Waals surface area (Å²) in [6, 6.07) is 4.25. The number of nitrogens with zero attached hydrogens (tertiary/aromatic N) is 1. The molecule has 3 rings (SSSR count). The molecule has 5 heteroatoms. The van der Waals surface area contributed by atoms with Crippen LogP contribution in [-0.4, -0.2) is 49.4 Å². The van der Waals surface area contributed by atoms with Gasteiger partial charge in [0.2, 0.25) is 0 Å². The molecule has 2 saturated heterocycles.